The molecule has 108 valence electrons. The number of fused-ring (bicyclic) bond motifs is 1. The lowest BCUT2D eigenvalue weighted by molar-refractivity contribution is -0.120. The maximum absolute atomic E-state index is 12.1. The number of thiazole rings is 1. The Kier molecular flexibility index (Phi) is 3.94. The Hall–Kier alpha value is -1.86. The van der Waals surface area contributed by atoms with E-state index in [0.717, 1.165) is 15.5 Å². The number of amides is 2. The maximum atomic E-state index is 12.1. The molecule has 1 aliphatic heterocycles. The molecular weight excluding hydrogens is 306 g/mol. The molecule has 1 aliphatic rings. The molecule has 0 aliphatic carbocycles. The molecule has 1 aromatic heterocycles. The smallest absolute Gasteiger partial charge is 0.246 e. The van der Waals surface area contributed by atoms with Crippen molar-refractivity contribution in [2.75, 3.05) is 22.5 Å². The lowest BCUT2D eigenvalue weighted by Gasteiger charge is -2.28. The number of para-hydroxylation sites is 1. The summed E-state index contributed by atoms with van der Waals surface area (Å²) in [5.41, 5.74) is 0.796. The summed E-state index contributed by atoms with van der Waals surface area (Å²) in [6.45, 7) is 1.93. The number of aryl methyl sites for hydroxylation is 1. The molecule has 0 unspecified atom stereocenters. The van der Waals surface area contributed by atoms with Gasteiger partial charge in [0, 0.05) is 16.0 Å². The van der Waals surface area contributed by atoms with E-state index in [1.165, 1.54) is 28.0 Å². The van der Waals surface area contributed by atoms with Gasteiger partial charge < -0.3 is 10.2 Å². The summed E-state index contributed by atoms with van der Waals surface area (Å²) in [4.78, 5) is 31.8. The van der Waals surface area contributed by atoms with Crippen molar-refractivity contribution in [1.29, 1.82) is 0 Å². The van der Waals surface area contributed by atoms with E-state index in [0.29, 0.717) is 10.9 Å². The molecule has 0 saturated carbocycles. The highest BCUT2D eigenvalue weighted by atomic mass is 32.2. The summed E-state index contributed by atoms with van der Waals surface area (Å²) in [6, 6.07) is 7.62. The standard InChI is InChI=1S/C14H13N3O2S2/c1-9-6-15-14(21-9)16-12(18)7-17-10-4-2-3-5-11(10)20-8-13(17)19/h2-6H,7-8H2,1H3,(H,15,16,18). The second-order valence-electron chi connectivity index (χ2n) is 4.56. The quantitative estimate of drug-likeness (QED) is 0.944. The predicted molar refractivity (Wildman–Crippen MR) is 85.0 cm³/mol. The van der Waals surface area contributed by atoms with Gasteiger partial charge in [-0.25, -0.2) is 4.98 Å². The third-order valence-electron chi connectivity index (χ3n) is 2.98. The third-order valence-corrected chi connectivity index (χ3v) is 4.85. The number of rotatable bonds is 3. The number of hydrogen-bond donors (Lipinski definition) is 1. The lowest BCUT2D eigenvalue weighted by Crippen LogP contribution is -2.41. The van der Waals surface area contributed by atoms with Crippen LogP contribution in [0.4, 0.5) is 10.8 Å². The number of carbonyl (C=O) groups excluding carboxylic acids is 2. The molecule has 1 N–H and O–H groups in total. The average Bonchev–Trinajstić information content (AvgIpc) is 2.87. The number of hydrogen-bond acceptors (Lipinski definition) is 5. The first-order chi connectivity index (χ1) is 10.1. The predicted octanol–water partition coefficient (Wildman–Crippen LogP) is 2.53. The maximum Gasteiger partial charge on any atom is 0.246 e. The molecular formula is C14H13N3O2S2. The Morgan fingerprint density at radius 2 is 2.24 bits per heavy atom. The van der Waals surface area contributed by atoms with Gasteiger partial charge in [-0.05, 0) is 19.1 Å². The van der Waals surface area contributed by atoms with Crippen molar-refractivity contribution >= 4 is 45.7 Å². The highest BCUT2D eigenvalue weighted by molar-refractivity contribution is 8.00. The van der Waals surface area contributed by atoms with Crippen LogP contribution in [-0.2, 0) is 9.59 Å². The van der Waals surface area contributed by atoms with Crippen LogP contribution in [0.5, 0.6) is 0 Å². The molecule has 7 heteroatoms. The summed E-state index contributed by atoms with van der Waals surface area (Å²) < 4.78 is 0. The SMILES string of the molecule is Cc1cnc(NC(=O)CN2C(=O)CSc3ccccc32)s1. The lowest BCUT2D eigenvalue weighted by atomic mass is 10.2. The van der Waals surface area contributed by atoms with E-state index in [-0.39, 0.29) is 18.4 Å². The van der Waals surface area contributed by atoms with Crippen LogP contribution in [0.3, 0.4) is 0 Å². The second kappa shape index (κ2) is 5.87. The van der Waals surface area contributed by atoms with Gasteiger partial charge in [0.25, 0.3) is 0 Å². The zero-order valence-electron chi connectivity index (χ0n) is 11.3. The molecule has 21 heavy (non-hydrogen) atoms. The Balaban J connectivity index is 1.74. The number of nitrogens with zero attached hydrogens (tertiary/aromatic N) is 2. The molecule has 0 atom stereocenters. The molecule has 5 nitrogen and oxygen atoms in total. The number of nitrogens with one attached hydrogen (secondary N) is 1. The largest absolute Gasteiger partial charge is 0.301 e. The molecule has 0 spiro atoms. The Labute approximate surface area is 130 Å². The molecule has 0 bridgehead atoms. The van der Waals surface area contributed by atoms with Gasteiger partial charge in [-0.1, -0.05) is 12.1 Å². The van der Waals surface area contributed by atoms with Crippen molar-refractivity contribution in [2.24, 2.45) is 0 Å². The van der Waals surface area contributed by atoms with Gasteiger partial charge in [-0.2, -0.15) is 0 Å². The molecule has 2 amide bonds. The fourth-order valence-corrected chi connectivity index (χ4v) is 3.66. The van der Waals surface area contributed by atoms with E-state index < -0.39 is 0 Å². The first-order valence-electron chi connectivity index (χ1n) is 6.38. The summed E-state index contributed by atoms with van der Waals surface area (Å²) in [5.74, 6) is 0.0734. The van der Waals surface area contributed by atoms with E-state index in [1.54, 1.807) is 6.20 Å². The van der Waals surface area contributed by atoms with Crippen molar-refractivity contribution < 1.29 is 9.59 Å². The molecule has 2 heterocycles. The summed E-state index contributed by atoms with van der Waals surface area (Å²) in [7, 11) is 0. The summed E-state index contributed by atoms with van der Waals surface area (Å²) in [5, 5.41) is 3.29. The minimum Gasteiger partial charge on any atom is -0.301 e. The van der Waals surface area contributed by atoms with Gasteiger partial charge in [-0.3, -0.25) is 9.59 Å². The highest BCUT2D eigenvalue weighted by Crippen LogP contribution is 2.34. The van der Waals surface area contributed by atoms with Crippen molar-refractivity contribution in [3.05, 3.63) is 35.3 Å². The molecule has 0 fully saturated rings. The normalized spacial score (nSPS) is 14.0. The molecule has 2 aromatic rings. The number of benzene rings is 1. The highest BCUT2D eigenvalue weighted by Gasteiger charge is 2.26. The van der Waals surface area contributed by atoms with Gasteiger partial charge in [0.2, 0.25) is 11.8 Å². The second-order valence-corrected chi connectivity index (χ2v) is 6.81. The topological polar surface area (TPSA) is 62.3 Å². The zero-order valence-corrected chi connectivity index (χ0v) is 13.0. The number of thioether (sulfide) groups is 1. The zero-order chi connectivity index (χ0) is 14.8. The van der Waals surface area contributed by atoms with Crippen molar-refractivity contribution in [1.82, 2.24) is 4.98 Å². The van der Waals surface area contributed by atoms with Gasteiger partial charge in [-0.15, -0.1) is 23.1 Å². The number of anilines is 2. The first kappa shape index (κ1) is 14.1. The van der Waals surface area contributed by atoms with Crippen LogP contribution in [0.1, 0.15) is 4.88 Å². The van der Waals surface area contributed by atoms with Crippen LogP contribution in [0.25, 0.3) is 0 Å². The third kappa shape index (κ3) is 3.08. The molecule has 3 rings (SSSR count). The van der Waals surface area contributed by atoms with Gasteiger partial charge >= 0.3 is 0 Å². The van der Waals surface area contributed by atoms with Crippen molar-refractivity contribution in [3.8, 4) is 0 Å². The van der Waals surface area contributed by atoms with Crippen molar-refractivity contribution in [3.63, 3.8) is 0 Å². The van der Waals surface area contributed by atoms with Crippen LogP contribution in [0.2, 0.25) is 0 Å². The van der Waals surface area contributed by atoms with Crippen LogP contribution < -0.4 is 10.2 Å². The number of aromatic nitrogens is 1. The summed E-state index contributed by atoms with van der Waals surface area (Å²) >= 11 is 2.92. The minimum atomic E-state index is -0.237. The monoisotopic (exact) mass is 319 g/mol. The van der Waals surface area contributed by atoms with Crippen molar-refractivity contribution in [2.45, 2.75) is 11.8 Å². The molecule has 0 radical (unpaired) electrons. The fourth-order valence-electron chi connectivity index (χ4n) is 2.04. The van der Waals surface area contributed by atoms with E-state index in [4.69, 9.17) is 0 Å². The van der Waals surface area contributed by atoms with Crippen LogP contribution in [0, 0.1) is 6.92 Å². The minimum absolute atomic E-state index is 0.00896. The van der Waals surface area contributed by atoms with E-state index >= 15 is 0 Å². The average molecular weight is 319 g/mol. The first-order valence-corrected chi connectivity index (χ1v) is 8.18. The van der Waals surface area contributed by atoms with E-state index in [2.05, 4.69) is 10.3 Å². The Morgan fingerprint density at radius 3 is 3.00 bits per heavy atom. The fraction of sp³-hybridized carbons (Fsp3) is 0.214. The van der Waals surface area contributed by atoms with E-state index in [9.17, 15) is 9.59 Å². The van der Waals surface area contributed by atoms with Gasteiger partial charge in [0.05, 0.1) is 11.4 Å². The Bertz CT molecular complexity index is 699. The molecule has 1 aromatic carbocycles. The molecule has 0 saturated heterocycles. The van der Waals surface area contributed by atoms with E-state index in [1.807, 2.05) is 31.2 Å². The number of carbonyl (C=O) groups is 2. The van der Waals surface area contributed by atoms with Gasteiger partial charge in [0.1, 0.15) is 6.54 Å². The Morgan fingerprint density at radius 1 is 1.43 bits per heavy atom. The summed E-state index contributed by atoms with van der Waals surface area (Å²) in [6.07, 6.45) is 1.71. The van der Waals surface area contributed by atoms with Crippen LogP contribution in [0.15, 0.2) is 35.4 Å². The van der Waals surface area contributed by atoms with Crippen LogP contribution in [-0.4, -0.2) is 29.1 Å². The van der Waals surface area contributed by atoms with Crippen LogP contribution >= 0.6 is 23.1 Å². The van der Waals surface area contributed by atoms with Gasteiger partial charge in [0.15, 0.2) is 5.13 Å².